The third-order valence-electron chi connectivity index (χ3n) is 3.29. The third kappa shape index (κ3) is 4.10. The van der Waals surface area contributed by atoms with E-state index in [4.69, 9.17) is 9.15 Å². The van der Waals surface area contributed by atoms with Gasteiger partial charge in [0.25, 0.3) is 0 Å². The van der Waals surface area contributed by atoms with Gasteiger partial charge in [-0.1, -0.05) is 56.2 Å². The molecule has 2 aromatic rings. The van der Waals surface area contributed by atoms with E-state index in [-0.39, 0.29) is 5.97 Å². The molecule has 0 aliphatic heterocycles. The topological polar surface area (TPSA) is 39.4 Å². The Morgan fingerprint density at radius 3 is 2.68 bits per heavy atom. The Morgan fingerprint density at radius 2 is 2.00 bits per heavy atom. The summed E-state index contributed by atoms with van der Waals surface area (Å²) in [6.07, 6.45) is 7.31. The molecule has 1 heterocycles. The number of benzene rings is 1. The molecular formula is C19H22O3. The van der Waals surface area contributed by atoms with Crippen LogP contribution in [0.15, 0.2) is 46.9 Å². The summed E-state index contributed by atoms with van der Waals surface area (Å²) in [5.41, 5.74) is 1.35. The van der Waals surface area contributed by atoms with Gasteiger partial charge in [0.15, 0.2) is 0 Å². The van der Waals surface area contributed by atoms with E-state index in [0.29, 0.717) is 23.7 Å². The number of unbranched alkanes of at least 4 members (excludes halogenated alkanes) is 2. The van der Waals surface area contributed by atoms with Gasteiger partial charge in [-0.2, -0.15) is 0 Å². The highest BCUT2D eigenvalue weighted by molar-refractivity contribution is 5.96. The van der Waals surface area contributed by atoms with Crippen molar-refractivity contribution in [1.82, 2.24) is 0 Å². The maximum atomic E-state index is 12.1. The van der Waals surface area contributed by atoms with Crippen molar-refractivity contribution in [3.63, 3.8) is 0 Å². The van der Waals surface area contributed by atoms with Crippen LogP contribution in [0.4, 0.5) is 0 Å². The molecule has 0 bridgehead atoms. The molecule has 0 radical (unpaired) electrons. The predicted molar refractivity (Wildman–Crippen MR) is 88.7 cm³/mol. The number of allylic oxidation sites excluding steroid dienone is 1. The van der Waals surface area contributed by atoms with Crippen molar-refractivity contribution in [2.24, 2.45) is 0 Å². The van der Waals surface area contributed by atoms with Gasteiger partial charge in [-0.25, -0.2) is 4.79 Å². The monoisotopic (exact) mass is 298 g/mol. The summed E-state index contributed by atoms with van der Waals surface area (Å²) in [6.45, 7) is 4.30. The maximum absolute atomic E-state index is 12.1. The van der Waals surface area contributed by atoms with E-state index in [0.717, 1.165) is 24.8 Å². The first kappa shape index (κ1) is 16.1. The molecule has 0 atom stereocenters. The lowest BCUT2D eigenvalue weighted by Crippen LogP contribution is -2.04. The van der Waals surface area contributed by atoms with Crippen molar-refractivity contribution in [3.05, 3.63) is 53.8 Å². The number of hydrogen-bond donors (Lipinski definition) is 0. The second-order valence-corrected chi connectivity index (χ2v) is 5.02. The minimum atomic E-state index is -0.349. The fraction of sp³-hybridized carbons (Fsp3) is 0.316. The molecule has 2 rings (SSSR count). The number of carbonyl (C=O) groups is 1. The first-order chi connectivity index (χ1) is 10.8. The van der Waals surface area contributed by atoms with Crippen molar-refractivity contribution in [3.8, 4) is 11.3 Å². The van der Waals surface area contributed by atoms with E-state index in [2.05, 4.69) is 13.0 Å². The summed E-state index contributed by atoms with van der Waals surface area (Å²) in [6, 6.07) is 11.4. The second kappa shape index (κ2) is 8.23. The number of furan rings is 1. The van der Waals surface area contributed by atoms with Crippen LogP contribution < -0.4 is 0 Å². The Balaban J connectivity index is 2.31. The highest BCUT2D eigenvalue weighted by Gasteiger charge is 2.19. The summed E-state index contributed by atoms with van der Waals surface area (Å²) < 4.78 is 11.0. The van der Waals surface area contributed by atoms with Crippen molar-refractivity contribution in [2.45, 2.75) is 33.1 Å². The molecule has 3 nitrogen and oxygen atoms in total. The maximum Gasteiger partial charge on any atom is 0.342 e. The van der Waals surface area contributed by atoms with Gasteiger partial charge in [0.1, 0.15) is 17.1 Å². The largest absolute Gasteiger partial charge is 0.462 e. The Hall–Kier alpha value is -2.29. The Labute approximate surface area is 131 Å². The van der Waals surface area contributed by atoms with Crippen LogP contribution in [0.1, 0.15) is 49.2 Å². The number of rotatable bonds is 7. The lowest BCUT2D eigenvalue weighted by atomic mass is 10.1. The van der Waals surface area contributed by atoms with Crippen LogP contribution in [0, 0.1) is 0 Å². The Kier molecular flexibility index (Phi) is 6.01. The Morgan fingerprint density at radius 1 is 1.23 bits per heavy atom. The Bertz CT molecular complexity index is 623. The molecule has 1 aromatic heterocycles. The fourth-order valence-corrected chi connectivity index (χ4v) is 2.18. The summed E-state index contributed by atoms with van der Waals surface area (Å²) in [4.78, 5) is 12.1. The molecule has 0 N–H and O–H groups in total. The molecule has 0 unspecified atom stereocenters. The summed E-state index contributed by atoms with van der Waals surface area (Å²) in [5, 5.41) is 0. The first-order valence-corrected chi connectivity index (χ1v) is 7.79. The van der Waals surface area contributed by atoms with Gasteiger partial charge in [0.05, 0.1) is 6.61 Å². The molecule has 0 amide bonds. The van der Waals surface area contributed by atoms with Gasteiger partial charge in [-0.15, -0.1) is 0 Å². The van der Waals surface area contributed by atoms with Gasteiger partial charge in [-0.05, 0) is 25.5 Å². The molecule has 0 saturated heterocycles. The standard InChI is InChI=1S/C19H22O3/c1-3-5-6-10-13-16-14-17(19(20)21-4-2)18(22-16)15-11-8-7-9-12-15/h7-14H,3-6H2,1-2H3/b13-10+. The van der Waals surface area contributed by atoms with E-state index >= 15 is 0 Å². The van der Waals surface area contributed by atoms with E-state index in [1.165, 1.54) is 0 Å². The molecule has 0 aliphatic rings. The van der Waals surface area contributed by atoms with Crippen molar-refractivity contribution >= 4 is 12.0 Å². The van der Waals surface area contributed by atoms with Crippen LogP contribution in [0.3, 0.4) is 0 Å². The van der Waals surface area contributed by atoms with Crippen molar-refractivity contribution in [1.29, 1.82) is 0 Å². The second-order valence-electron chi connectivity index (χ2n) is 5.02. The fourth-order valence-electron chi connectivity index (χ4n) is 2.18. The van der Waals surface area contributed by atoms with Gasteiger partial charge in [0.2, 0.25) is 0 Å². The molecular weight excluding hydrogens is 276 g/mol. The van der Waals surface area contributed by atoms with Gasteiger partial charge >= 0.3 is 5.97 Å². The van der Waals surface area contributed by atoms with Crippen molar-refractivity contribution < 1.29 is 13.9 Å². The molecule has 0 spiro atoms. The molecule has 0 aliphatic carbocycles. The third-order valence-corrected chi connectivity index (χ3v) is 3.29. The van der Waals surface area contributed by atoms with E-state index in [9.17, 15) is 4.79 Å². The van der Waals surface area contributed by atoms with Gasteiger partial charge in [-0.3, -0.25) is 0 Å². The lowest BCUT2D eigenvalue weighted by molar-refractivity contribution is 0.0527. The molecule has 116 valence electrons. The van der Waals surface area contributed by atoms with Crippen LogP contribution in [0.2, 0.25) is 0 Å². The number of esters is 1. The molecule has 0 fully saturated rings. The first-order valence-electron chi connectivity index (χ1n) is 7.79. The zero-order valence-corrected chi connectivity index (χ0v) is 13.2. The molecule has 1 aromatic carbocycles. The minimum absolute atomic E-state index is 0.347. The minimum Gasteiger partial charge on any atom is -0.462 e. The summed E-state index contributed by atoms with van der Waals surface area (Å²) in [5.74, 6) is 0.894. The smallest absolute Gasteiger partial charge is 0.342 e. The quantitative estimate of drug-likeness (QED) is 0.512. The lowest BCUT2D eigenvalue weighted by Gasteiger charge is -2.02. The normalized spacial score (nSPS) is 11.0. The highest BCUT2D eigenvalue weighted by atomic mass is 16.5. The van der Waals surface area contributed by atoms with Crippen molar-refractivity contribution in [2.75, 3.05) is 6.61 Å². The summed E-state index contributed by atoms with van der Waals surface area (Å²) in [7, 11) is 0. The SMILES string of the molecule is CCCC/C=C/c1cc(C(=O)OCC)c(-c2ccccc2)o1. The zero-order valence-electron chi connectivity index (χ0n) is 13.2. The zero-order chi connectivity index (χ0) is 15.8. The number of carbonyl (C=O) groups excluding carboxylic acids is 1. The van der Waals surface area contributed by atoms with E-state index < -0.39 is 0 Å². The van der Waals surface area contributed by atoms with E-state index in [1.807, 2.05) is 36.4 Å². The van der Waals surface area contributed by atoms with E-state index in [1.54, 1.807) is 13.0 Å². The number of ether oxygens (including phenoxy) is 1. The van der Waals surface area contributed by atoms with Crippen LogP contribution in [0.5, 0.6) is 0 Å². The predicted octanol–water partition coefficient (Wildman–Crippen LogP) is 5.33. The summed E-state index contributed by atoms with van der Waals surface area (Å²) >= 11 is 0. The van der Waals surface area contributed by atoms with Crippen LogP contribution >= 0.6 is 0 Å². The highest BCUT2D eigenvalue weighted by Crippen LogP contribution is 2.28. The average Bonchev–Trinajstić information content (AvgIpc) is 2.97. The average molecular weight is 298 g/mol. The van der Waals surface area contributed by atoms with Crippen LogP contribution in [-0.2, 0) is 4.74 Å². The van der Waals surface area contributed by atoms with Crippen LogP contribution in [0.25, 0.3) is 17.4 Å². The molecule has 3 heteroatoms. The molecule has 22 heavy (non-hydrogen) atoms. The van der Waals surface area contributed by atoms with Crippen LogP contribution in [-0.4, -0.2) is 12.6 Å². The van der Waals surface area contributed by atoms with Gasteiger partial charge < -0.3 is 9.15 Å². The van der Waals surface area contributed by atoms with Gasteiger partial charge in [0, 0.05) is 5.56 Å². The molecule has 0 saturated carbocycles. The number of hydrogen-bond acceptors (Lipinski definition) is 3.